The molecule has 3 N–H and O–H groups in total. The van der Waals surface area contributed by atoms with Crippen LogP contribution in [-0.4, -0.2) is 25.0 Å². The molecule has 0 unspecified atom stereocenters. The molecule has 0 heterocycles. The molecule has 0 aromatic rings. The van der Waals surface area contributed by atoms with E-state index in [2.05, 4.69) is 19.0 Å². The van der Waals surface area contributed by atoms with Crippen molar-refractivity contribution in [1.29, 1.82) is 0 Å². The summed E-state index contributed by atoms with van der Waals surface area (Å²) in [7, 11) is 4.43. The van der Waals surface area contributed by atoms with Gasteiger partial charge in [-0.15, -0.1) is 0 Å². The summed E-state index contributed by atoms with van der Waals surface area (Å²) >= 11 is 0. The van der Waals surface area contributed by atoms with Crippen LogP contribution in [-0.2, 0) is 0 Å². The van der Waals surface area contributed by atoms with Gasteiger partial charge in [-0.1, -0.05) is 32.1 Å². The van der Waals surface area contributed by atoms with Crippen molar-refractivity contribution in [3.05, 3.63) is 0 Å². The fourth-order valence-corrected chi connectivity index (χ4v) is 1.95. The number of nitrogens with zero attached hydrogens (tertiary/aromatic N) is 1. The maximum atomic E-state index is 2.39. The van der Waals surface area contributed by atoms with Crippen molar-refractivity contribution < 1.29 is 0 Å². The molecule has 1 saturated carbocycles. The molecular formula is C10H24N2. The first kappa shape index (κ1) is 11.9. The van der Waals surface area contributed by atoms with Crippen molar-refractivity contribution in [2.75, 3.05) is 14.1 Å². The SMILES string of the molecule is CN(C)C1CCCCCCC1.N. The first-order valence-electron chi connectivity index (χ1n) is 4.97. The fourth-order valence-electron chi connectivity index (χ4n) is 1.95. The van der Waals surface area contributed by atoms with Gasteiger partial charge in [0.1, 0.15) is 0 Å². The van der Waals surface area contributed by atoms with Crippen LogP contribution >= 0.6 is 0 Å². The number of hydrogen-bond acceptors (Lipinski definition) is 2. The third-order valence-electron chi connectivity index (χ3n) is 2.80. The summed E-state index contributed by atoms with van der Waals surface area (Å²) in [6.45, 7) is 0. The van der Waals surface area contributed by atoms with Gasteiger partial charge in [0.25, 0.3) is 0 Å². The molecule has 0 aliphatic heterocycles. The maximum absolute atomic E-state index is 2.39. The Hall–Kier alpha value is -0.0800. The number of hydrogen-bond donors (Lipinski definition) is 1. The largest absolute Gasteiger partial charge is 0.344 e. The lowest BCUT2D eigenvalue weighted by Crippen LogP contribution is -2.28. The summed E-state index contributed by atoms with van der Waals surface area (Å²) in [5, 5.41) is 0. The molecule has 0 amide bonds. The molecule has 0 aromatic carbocycles. The highest BCUT2D eigenvalue weighted by Gasteiger charge is 2.12. The van der Waals surface area contributed by atoms with E-state index in [0.717, 1.165) is 6.04 Å². The van der Waals surface area contributed by atoms with Crippen molar-refractivity contribution >= 4 is 0 Å². The van der Waals surface area contributed by atoms with Gasteiger partial charge in [0.05, 0.1) is 0 Å². The van der Waals surface area contributed by atoms with Gasteiger partial charge in [-0.05, 0) is 26.9 Å². The lowest BCUT2D eigenvalue weighted by atomic mass is 9.96. The first-order chi connectivity index (χ1) is 5.30. The van der Waals surface area contributed by atoms with Gasteiger partial charge < -0.3 is 11.1 Å². The van der Waals surface area contributed by atoms with Gasteiger partial charge in [-0.3, -0.25) is 0 Å². The second-order valence-electron chi connectivity index (χ2n) is 3.96. The van der Waals surface area contributed by atoms with Crippen LogP contribution in [0.15, 0.2) is 0 Å². The highest BCUT2D eigenvalue weighted by atomic mass is 15.1. The minimum atomic E-state index is 0. The Labute approximate surface area is 76.9 Å². The predicted octanol–water partition coefficient (Wildman–Crippen LogP) is 2.82. The van der Waals surface area contributed by atoms with Crippen LogP contribution in [0, 0.1) is 0 Å². The normalized spacial score (nSPS) is 21.2. The van der Waals surface area contributed by atoms with E-state index in [9.17, 15) is 0 Å². The Morgan fingerprint density at radius 2 is 1.25 bits per heavy atom. The molecule has 2 nitrogen and oxygen atoms in total. The fraction of sp³-hybridized carbons (Fsp3) is 1.00. The lowest BCUT2D eigenvalue weighted by Gasteiger charge is -2.25. The predicted molar refractivity (Wildman–Crippen MR) is 54.8 cm³/mol. The van der Waals surface area contributed by atoms with E-state index in [4.69, 9.17) is 0 Å². The molecular weight excluding hydrogens is 148 g/mol. The molecule has 0 bridgehead atoms. The average molecular weight is 172 g/mol. The molecule has 0 radical (unpaired) electrons. The minimum absolute atomic E-state index is 0. The van der Waals surface area contributed by atoms with Gasteiger partial charge in [0.2, 0.25) is 0 Å². The first-order valence-corrected chi connectivity index (χ1v) is 4.97. The highest BCUT2D eigenvalue weighted by Crippen LogP contribution is 2.19. The molecule has 1 fully saturated rings. The van der Waals surface area contributed by atoms with Crippen LogP contribution in [0.2, 0.25) is 0 Å². The van der Waals surface area contributed by atoms with E-state index in [-0.39, 0.29) is 6.15 Å². The summed E-state index contributed by atoms with van der Waals surface area (Å²) in [5.74, 6) is 0. The van der Waals surface area contributed by atoms with Crippen LogP contribution < -0.4 is 6.15 Å². The van der Waals surface area contributed by atoms with E-state index in [1.54, 1.807) is 0 Å². The van der Waals surface area contributed by atoms with Gasteiger partial charge in [-0.2, -0.15) is 0 Å². The van der Waals surface area contributed by atoms with E-state index in [0.29, 0.717) is 0 Å². The minimum Gasteiger partial charge on any atom is -0.344 e. The molecule has 0 saturated heterocycles. The molecule has 74 valence electrons. The summed E-state index contributed by atoms with van der Waals surface area (Å²) in [6, 6.07) is 0.871. The third-order valence-corrected chi connectivity index (χ3v) is 2.80. The molecule has 0 spiro atoms. The van der Waals surface area contributed by atoms with Crippen molar-refractivity contribution in [3.8, 4) is 0 Å². The Balaban J connectivity index is 0.00000121. The number of rotatable bonds is 1. The Kier molecular flexibility index (Phi) is 6.39. The molecule has 1 aliphatic carbocycles. The monoisotopic (exact) mass is 172 g/mol. The van der Waals surface area contributed by atoms with Crippen LogP contribution in [0.3, 0.4) is 0 Å². The third kappa shape index (κ3) is 4.07. The van der Waals surface area contributed by atoms with E-state index >= 15 is 0 Å². The van der Waals surface area contributed by atoms with Crippen molar-refractivity contribution in [2.24, 2.45) is 0 Å². The van der Waals surface area contributed by atoms with Crippen molar-refractivity contribution in [3.63, 3.8) is 0 Å². The van der Waals surface area contributed by atoms with Crippen molar-refractivity contribution in [2.45, 2.75) is 51.0 Å². The highest BCUT2D eigenvalue weighted by molar-refractivity contribution is 4.68. The summed E-state index contributed by atoms with van der Waals surface area (Å²) in [5.41, 5.74) is 0. The smallest absolute Gasteiger partial charge is 0.00891 e. The zero-order chi connectivity index (χ0) is 8.10. The molecule has 2 heteroatoms. The standard InChI is InChI=1S/C10H21N.H3N/c1-11(2)10-8-6-4-3-5-7-9-10;/h10H,3-9H2,1-2H3;1H3. The topological polar surface area (TPSA) is 38.2 Å². The second-order valence-corrected chi connectivity index (χ2v) is 3.96. The average Bonchev–Trinajstić information content (AvgIpc) is 1.84. The zero-order valence-corrected chi connectivity index (χ0v) is 8.68. The lowest BCUT2D eigenvalue weighted by molar-refractivity contribution is 0.242. The molecule has 1 aliphatic rings. The summed E-state index contributed by atoms with van der Waals surface area (Å²) in [6.07, 6.45) is 10.1. The Morgan fingerprint density at radius 1 is 0.833 bits per heavy atom. The van der Waals surface area contributed by atoms with E-state index in [1.165, 1.54) is 44.9 Å². The van der Waals surface area contributed by atoms with Crippen LogP contribution in [0.25, 0.3) is 0 Å². The molecule has 0 aromatic heterocycles. The molecule has 12 heavy (non-hydrogen) atoms. The van der Waals surface area contributed by atoms with Gasteiger partial charge in [0.15, 0.2) is 0 Å². The van der Waals surface area contributed by atoms with Gasteiger partial charge >= 0.3 is 0 Å². The van der Waals surface area contributed by atoms with Crippen molar-refractivity contribution in [1.82, 2.24) is 11.1 Å². The second kappa shape index (κ2) is 6.44. The van der Waals surface area contributed by atoms with E-state index < -0.39 is 0 Å². The maximum Gasteiger partial charge on any atom is 0.00891 e. The summed E-state index contributed by atoms with van der Waals surface area (Å²) < 4.78 is 0. The van der Waals surface area contributed by atoms with Gasteiger partial charge in [0, 0.05) is 6.04 Å². The quantitative estimate of drug-likeness (QED) is 0.660. The van der Waals surface area contributed by atoms with Crippen LogP contribution in [0.1, 0.15) is 44.9 Å². The van der Waals surface area contributed by atoms with Crippen LogP contribution in [0.4, 0.5) is 0 Å². The Morgan fingerprint density at radius 3 is 1.67 bits per heavy atom. The van der Waals surface area contributed by atoms with Gasteiger partial charge in [-0.25, -0.2) is 0 Å². The van der Waals surface area contributed by atoms with E-state index in [1.807, 2.05) is 0 Å². The molecule has 0 atom stereocenters. The summed E-state index contributed by atoms with van der Waals surface area (Å²) in [4.78, 5) is 2.39. The zero-order valence-electron chi connectivity index (χ0n) is 8.68. The molecule has 1 rings (SSSR count). The van der Waals surface area contributed by atoms with Crippen LogP contribution in [0.5, 0.6) is 0 Å². The Bertz CT molecular complexity index is 94.0.